The Kier molecular flexibility index (Phi) is 6.04. The van der Waals surface area contributed by atoms with Gasteiger partial charge in [0.2, 0.25) is 0 Å². The number of ether oxygens (including phenoxy) is 2. The van der Waals surface area contributed by atoms with Crippen molar-refractivity contribution >= 4 is 17.9 Å². The molecule has 11 heteroatoms. The van der Waals surface area contributed by atoms with Crippen LogP contribution in [0.15, 0.2) is 79.0 Å². The molecule has 0 saturated carbocycles. The van der Waals surface area contributed by atoms with E-state index in [0.29, 0.717) is 0 Å². The van der Waals surface area contributed by atoms with Crippen molar-refractivity contribution in [3.8, 4) is 22.6 Å². The number of carbonyl (C=O) groups excluding carboxylic acids is 1. The molecule has 0 saturated heterocycles. The maximum atomic E-state index is 12.7. The van der Waals surface area contributed by atoms with Crippen LogP contribution in [0, 0.1) is 0 Å². The first-order valence-corrected chi connectivity index (χ1v) is 11.0. The van der Waals surface area contributed by atoms with Gasteiger partial charge in [0.15, 0.2) is 5.82 Å². The van der Waals surface area contributed by atoms with Crippen LogP contribution < -0.4 is 10.1 Å². The molecule has 1 heterocycles. The summed E-state index contributed by atoms with van der Waals surface area (Å²) in [6, 6.07) is 20.2. The second kappa shape index (κ2) is 9.34. The van der Waals surface area contributed by atoms with Crippen LogP contribution in [0.25, 0.3) is 16.8 Å². The number of carboxylic acids is 1. The molecule has 1 aliphatic rings. The molecule has 8 nitrogen and oxygen atoms in total. The minimum Gasteiger partial charge on any atom is -0.477 e. The Hall–Kier alpha value is -4.80. The van der Waals surface area contributed by atoms with Crippen LogP contribution in [-0.4, -0.2) is 39.9 Å². The lowest BCUT2D eigenvalue weighted by molar-refractivity contribution is -0.274. The number of nitrogens with one attached hydrogen (secondary N) is 1. The van der Waals surface area contributed by atoms with Crippen LogP contribution in [0.3, 0.4) is 0 Å². The number of hydrogen-bond donors (Lipinski definition) is 2. The van der Waals surface area contributed by atoms with E-state index in [1.165, 1.54) is 12.1 Å². The van der Waals surface area contributed by atoms with Gasteiger partial charge in [-0.2, -0.15) is 5.10 Å². The molecule has 3 aromatic carbocycles. The first kappa shape index (κ1) is 23.9. The van der Waals surface area contributed by atoms with Gasteiger partial charge in [0.05, 0.1) is 11.9 Å². The van der Waals surface area contributed by atoms with Gasteiger partial charge in [0.25, 0.3) is 0 Å². The largest absolute Gasteiger partial charge is 0.573 e. The first-order chi connectivity index (χ1) is 17.7. The Morgan fingerprint density at radius 2 is 1.54 bits per heavy atom. The van der Waals surface area contributed by atoms with E-state index in [1.807, 2.05) is 48.5 Å². The Bertz CT molecular complexity index is 1440. The van der Waals surface area contributed by atoms with Crippen molar-refractivity contribution in [3.05, 3.63) is 95.7 Å². The number of hydrogen-bond acceptors (Lipinski definition) is 5. The topological polar surface area (TPSA) is 103 Å². The Balaban J connectivity index is 1.35. The Morgan fingerprint density at radius 3 is 2.11 bits per heavy atom. The second-order valence-corrected chi connectivity index (χ2v) is 8.12. The lowest BCUT2D eigenvalue weighted by Crippen LogP contribution is -2.21. The minimum atomic E-state index is -4.86. The molecule has 1 aromatic heterocycles. The maximum Gasteiger partial charge on any atom is 0.573 e. The molecule has 0 fully saturated rings. The quantitative estimate of drug-likeness (QED) is 0.339. The van der Waals surface area contributed by atoms with E-state index in [9.17, 15) is 27.9 Å². The number of carbonyl (C=O) groups is 2. The molecule has 1 amide bonds. The zero-order chi connectivity index (χ0) is 26.2. The molecule has 0 radical (unpaired) electrons. The van der Waals surface area contributed by atoms with Crippen LogP contribution in [0.2, 0.25) is 0 Å². The van der Waals surface area contributed by atoms with E-state index < -0.39 is 24.2 Å². The van der Waals surface area contributed by atoms with Crippen molar-refractivity contribution in [2.75, 3.05) is 11.9 Å². The SMILES string of the molecule is O=C(Nc1c(C(=O)O)cnn1-c1ccc(OC(F)(F)F)cc1)OCC1c2ccccc2-c2ccccc21. The molecule has 0 bridgehead atoms. The summed E-state index contributed by atoms with van der Waals surface area (Å²) in [7, 11) is 0. The van der Waals surface area contributed by atoms with Crippen LogP contribution >= 0.6 is 0 Å². The Morgan fingerprint density at radius 1 is 0.946 bits per heavy atom. The summed E-state index contributed by atoms with van der Waals surface area (Å²) >= 11 is 0. The molecule has 0 unspecified atom stereocenters. The summed E-state index contributed by atoms with van der Waals surface area (Å²) in [4.78, 5) is 24.5. The average molecular weight is 509 g/mol. The number of alkyl halides is 3. The highest BCUT2D eigenvalue weighted by atomic mass is 19.4. The molecule has 0 atom stereocenters. The zero-order valence-corrected chi connectivity index (χ0v) is 18.9. The molecular weight excluding hydrogens is 491 g/mol. The minimum absolute atomic E-state index is 0.000119. The maximum absolute atomic E-state index is 12.7. The van der Waals surface area contributed by atoms with Gasteiger partial charge in [0.1, 0.15) is 17.9 Å². The van der Waals surface area contributed by atoms with Crippen molar-refractivity contribution in [1.29, 1.82) is 0 Å². The summed E-state index contributed by atoms with van der Waals surface area (Å²) in [5.41, 5.74) is 3.98. The lowest BCUT2D eigenvalue weighted by atomic mass is 9.98. The van der Waals surface area contributed by atoms with E-state index in [2.05, 4.69) is 15.2 Å². The number of halogens is 3. The third kappa shape index (κ3) is 4.83. The van der Waals surface area contributed by atoms with Crippen molar-refractivity contribution in [2.45, 2.75) is 12.3 Å². The molecule has 2 N–H and O–H groups in total. The molecule has 188 valence electrons. The number of aromatic nitrogens is 2. The van der Waals surface area contributed by atoms with Gasteiger partial charge in [-0.25, -0.2) is 14.3 Å². The molecule has 5 rings (SSSR count). The fourth-order valence-electron chi connectivity index (χ4n) is 4.34. The van der Waals surface area contributed by atoms with Crippen LogP contribution in [0.5, 0.6) is 5.75 Å². The summed E-state index contributed by atoms with van der Waals surface area (Å²) in [6.45, 7) is -0.000119. The van der Waals surface area contributed by atoms with E-state index in [1.54, 1.807) is 0 Å². The van der Waals surface area contributed by atoms with Gasteiger partial charge in [-0.15, -0.1) is 13.2 Å². The summed E-state index contributed by atoms with van der Waals surface area (Å²) in [5, 5.41) is 15.9. The summed E-state index contributed by atoms with van der Waals surface area (Å²) < 4.78 is 47.7. The normalized spacial score (nSPS) is 12.5. The van der Waals surface area contributed by atoms with Gasteiger partial charge >= 0.3 is 18.4 Å². The van der Waals surface area contributed by atoms with Crippen molar-refractivity contribution in [2.24, 2.45) is 0 Å². The number of amides is 1. The lowest BCUT2D eigenvalue weighted by Gasteiger charge is -2.15. The van der Waals surface area contributed by atoms with E-state index in [-0.39, 0.29) is 29.6 Å². The number of fused-ring (bicyclic) bond motifs is 3. The highest BCUT2D eigenvalue weighted by molar-refractivity contribution is 5.98. The summed E-state index contributed by atoms with van der Waals surface area (Å²) in [5.74, 6) is -2.25. The molecular formula is C26H18F3N3O5. The molecule has 1 aliphatic carbocycles. The van der Waals surface area contributed by atoms with E-state index >= 15 is 0 Å². The smallest absolute Gasteiger partial charge is 0.477 e. The average Bonchev–Trinajstić information content (AvgIpc) is 3.42. The fourth-order valence-corrected chi connectivity index (χ4v) is 4.34. The molecule has 0 aliphatic heterocycles. The highest BCUT2D eigenvalue weighted by Gasteiger charge is 2.31. The van der Waals surface area contributed by atoms with Crippen LogP contribution in [-0.2, 0) is 4.74 Å². The van der Waals surface area contributed by atoms with Crippen LogP contribution in [0.1, 0.15) is 27.4 Å². The monoisotopic (exact) mass is 509 g/mol. The number of nitrogens with zero attached hydrogens (tertiary/aromatic N) is 2. The molecule has 37 heavy (non-hydrogen) atoms. The van der Waals surface area contributed by atoms with E-state index in [4.69, 9.17) is 4.74 Å². The first-order valence-electron chi connectivity index (χ1n) is 11.0. The highest BCUT2D eigenvalue weighted by Crippen LogP contribution is 2.44. The number of anilines is 1. The number of aromatic carboxylic acids is 1. The standard InChI is InChI=1S/C26H18F3N3O5/c27-26(28,29)37-16-11-9-15(10-12-16)32-23(21(13-30-32)24(33)34)31-25(35)36-14-22-19-7-3-1-5-17(19)18-6-2-4-8-20(18)22/h1-13,22H,14H2,(H,31,35)(H,33,34). The molecule has 0 spiro atoms. The summed E-state index contributed by atoms with van der Waals surface area (Å²) in [6.07, 6.45) is -4.76. The van der Waals surface area contributed by atoms with Crippen molar-refractivity contribution < 1.29 is 37.3 Å². The number of carboxylic acid groups (broad SMARTS) is 1. The fraction of sp³-hybridized carbons (Fsp3) is 0.115. The van der Waals surface area contributed by atoms with Gasteiger partial charge < -0.3 is 14.6 Å². The number of benzene rings is 3. The predicted molar refractivity (Wildman–Crippen MR) is 126 cm³/mol. The Labute approximate surface area is 207 Å². The van der Waals surface area contributed by atoms with Crippen LogP contribution in [0.4, 0.5) is 23.8 Å². The predicted octanol–water partition coefficient (Wildman–Crippen LogP) is 5.83. The zero-order valence-electron chi connectivity index (χ0n) is 18.9. The van der Waals surface area contributed by atoms with Gasteiger partial charge in [-0.3, -0.25) is 5.32 Å². The van der Waals surface area contributed by atoms with Gasteiger partial charge in [-0.05, 0) is 46.5 Å². The third-order valence-corrected chi connectivity index (χ3v) is 5.88. The van der Waals surface area contributed by atoms with Crippen molar-refractivity contribution in [1.82, 2.24) is 9.78 Å². The molecule has 4 aromatic rings. The second-order valence-electron chi connectivity index (χ2n) is 8.12. The number of rotatable bonds is 6. The van der Waals surface area contributed by atoms with Gasteiger partial charge in [0, 0.05) is 5.92 Å². The van der Waals surface area contributed by atoms with Gasteiger partial charge in [-0.1, -0.05) is 48.5 Å². The third-order valence-electron chi connectivity index (χ3n) is 5.88. The van der Waals surface area contributed by atoms with E-state index in [0.717, 1.165) is 45.3 Å². The van der Waals surface area contributed by atoms with Crippen molar-refractivity contribution in [3.63, 3.8) is 0 Å².